The van der Waals surface area contributed by atoms with Crippen molar-refractivity contribution in [3.63, 3.8) is 0 Å². The van der Waals surface area contributed by atoms with Crippen LogP contribution in [0.4, 0.5) is 5.69 Å². The van der Waals surface area contributed by atoms with E-state index in [2.05, 4.69) is 4.98 Å². The number of nitrogen functional groups attached to an aromatic ring is 1. The first kappa shape index (κ1) is 20.6. The normalized spacial score (nSPS) is 13.1. The minimum absolute atomic E-state index is 0.105. The number of hydrogen-bond donors (Lipinski definition) is 4. The number of nitrogens with zero attached hydrogens (tertiary/aromatic N) is 1. The minimum Gasteiger partial charge on any atom is -0.398 e. The fourth-order valence-corrected chi connectivity index (χ4v) is 5.40. The van der Waals surface area contributed by atoms with Gasteiger partial charge in [0.2, 0.25) is 0 Å². The van der Waals surface area contributed by atoms with E-state index in [0.717, 1.165) is 17.4 Å². The van der Waals surface area contributed by atoms with Crippen LogP contribution in [0.25, 0.3) is 21.3 Å². The Labute approximate surface area is 162 Å². The van der Waals surface area contributed by atoms with Crippen LogP contribution in [-0.2, 0) is 30.4 Å². The molecule has 28 heavy (non-hydrogen) atoms. The summed E-state index contributed by atoms with van der Waals surface area (Å²) in [5, 5.41) is 0.549. The molecule has 3 aromatic rings. The van der Waals surface area contributed by atoms with Crippen LogP contribution in [-0.4, -0.2) is 43.9 Å². The highest BCUT2D eigenvalue weighted by Crippen LogP contribution is 2.42. The molecule has 0 spiro atoms. The zero-order chi connectivity index (χ0) is 21.1. The van der Waals surface area contributed by atoms with E-state index in [0.29, 0.717) is 12.1 Å². The van der Waals surface area contributed by atoms with Crippen LogP contribution in [0.1, 0.15) is 0 Å². The molecule has 0 radical (unpaired) electrons. The smallest absolute Gasteiger partial charge is 0.295 e. The first-order valence-electron chi connectivity index (χ1n) is 6.94. The third-order valence-corrected chi connectivity index (χ3v) is 7.06. The molecular weight excluding hydrogens is 456 g/mol. The molecule has 0 unspecified atom stereocenters. The molecule has 0 amide bonds. The molecule has 5 N–H and O–H groups in total. The van der Waals surface area contributed by atoms with Crippen LogP contribution in [0.5, 0.6) is 0 Å². The molecule has 11 nitrogen and oxygen atoms in total. The third-order valence-electron chi connectivity index (χ3n) is 3.67. The number of hydrogen-bond acceptors (Lipinski definition) is 9. The van der Waals surface area contributed by atoms with Crippen LogP contribution >= 0.6 is 11.3 Å². The van der Waals surface area contributed by atoms with Gasteiger partial charge in [-0.05, 0) is 18.2 Å². The minimum atomic E-state index is -5.14. The zero-order valence-corrected chi connectivity index (χ0v) is 16.6. The van der Waals surface area contributed by atoms with Crippen LogP contribution in [0, 0.1) is 0 Å². The van der Waals surface area contributed by atoms with E-state index in [1.165, 1.54) is 11.6 Å². The lowest BCUT2D eigenvalue weighted by molar-refractivity contribution is 0.478. The monoisotopic (exact) mass is 466 g/mol. The quantitative estimate of drug-likeness (QED) is 0.318. The van der Waals surface area contributed by atoms with Gasteiger partial charge in [-0.2, -0.15) is 25.3 Å². The summed E-state index contributed by atoms with van der Waals surface area (Å²) in [5.74, 6) is 0. The summed E-state index contributed by atoms with van der Waals surface area (Å²) in [4.78, 5) is 0.983. The number of fused-ring (bicyclic) bond motifs is 1. The second-order valence-corrected chi connectivity index (χ2v) is 10.5. The highest BCUT2D eigenvalue weighted by molar-refractivity contribution is 7.87. The van der Waals surface area contributed by atoms with Gasteiger partial charge >= 0.3 is 0 Å². The van der Waals surface area contributed by atoms with Gasteiger partial charge in [0.05, 0.1) is 4.90 Å². The van der Waals surface area contributed by atoms with Gasteiger partial charge in [-0.15, -0.1) is 11.3 Å². The molecule has 0 atom stereocenters. The molecule has 0 saturated heterocycles. The van der Waals surface area contributed by atoms with Crippen LogP contribution in [0.3, 0.4) is 0 Å². The maximum Gasteiger partial charge on any atom is 0.295 e. The van der Waals surface area contributed by atoms with E-state index in [9.17, 15) is 38.9 Å². The number of aromatic nitrogens is 1. The van der Waals surface area contributed by atoms with E-state index in [1.54, 1.807) is 0 Å². The molecule has 0 aliphatic carbocycles. The van der Waals surface area contributed by atoms with Crippen molar-refractivity contribution in [3.05, 3.63) is 29.8 Å². The first-order valence-corrected chi connectivity index (χ1v) is 12.1. The Morgan fingerprint density at radius 3 is 1.93 bits per heavy atom. The van der Waals surface area contributed by atoms with Gasteiger partial charge in [-0.1, -0.05) is 0 Å². The Balaban J connectivity index is 2.75. The van der Waals surface area contributed by atoms with Gasteiger partial charge in [-0.3, -0.25) is 13.7 Å². The van der Waals surface area contributed by atoms with Gasteiger partial charge < -0.3 is 5.73 Å². The van der Waals surface area contributed by atoms with Gasteiger partial charge in [0.25, 0.3) is 30.4 Å². The summed E-state index contributed by atoms with van der Waals surface area (Å²) in [5.41, 5.74) is 5.45. The van der Waals surface area contributed by atoms with Gasteiger partial charge in [0.1, 0.15) is 14.8 Å². The Morgan fingerprint density at radius 1 is 0.857 bits per heavy atom. The molecule has 3 rings (SSSR count). The van der Waals surface area contributed by atoms with Crippen LogP contribution in [0.2, 0.25) is 0 Å². The summed E-state index contributed by atoms with van der Waals surface area (Å²) in [6.45, 7) is 0. The molecular formula is C13H10N2O9S4. The van der Waals surface area contributed by atoms with Crippen molar-refractivity contribution < 1.29 is 38.9 Å². The number of nitrogens with two attached hydrogens (primary N) is 1. The van der Waals surface area contributed by atoms with Crippen LogP contribution in [0.15, 0.2) is 44.5 Å². The van der Waals surface area contributed by atoms with Crippen molar-refractivity contribution in [2.24, 2.45) is 0 Å². The third kappa shape index (κ3) is 3.60. The predicted octanol–water partition coefficient (Wildman–Crippen LogP) is 1.29. The number of thiazole rings is 1. The lowest BCUT2D eigenvalue weighted by Gasteiger charge is -2.15. The van der Waals surface area contributed by atoms with Crippen molar-refractivity contribution in [2.45, 2.75) is 14.7 Å². The topological polar surface area (TPSA) is 202 Å². The maximum absolute atomic E-state index is 11.9. The van der Waals surface area contributed by atoms with Crippen molar-refractivity contribution >= 4 is 58.2 Å². The Hall–Kier alpha value is -2.14. The molecule has 0 saturated carbocycles. The van der Waals surface area contributed by atoms with Crippen molar-refractivity contribution in [1.82, 2.24) is 4.98 Å². The van der Waals surface area contributed by atoms with Crippen molar-refractivity contribution in [2.75, 3.05) is 5.73 Å². The average molecular weight is 466 g/mol. The molecule has 2 aromatic carbocycles. The summed E-state index contributed by atoms with van der Waals surface area (Å²) >= 11 is 1.00. The van der Waals surface area contributed by atoms with E-state index < -0.39 is 55.8 Å². The number of anilines is 1. The second-order valence-electron chi connectivity index (χ2n) is 5.45. The molecule has 15 heteroatoms. The zero-order valence-electron chi connectivity index (χ0n) is 13.3. The lowest BCUT2D eigenvalue weighted by Crippen LogP contribution is -2.09. The Bertz CT molecular complexity index is 1430. The summed E-state index contributed by atoms with van der Waals surface area (Å²) < 4.78 is 98.9. The molecule has 0 aliphatic heterocycles. The highest BCUT2D eigenvalue weighted by atomic mass is 32.2. The lowest BCUT2D eigenvalue weighted by atomic mass is 10.0. The fraction of sp³-hybridized carbons (Fsp3) is 0. The van der Waals surface area contributed by atoms with E-state index >= 15 is 0 Å². The average Bonchev–Trinajstić information content (AvgIpc) is 3.04. The molecule has 1 heterocycles. The number of rotatable bonds is 4. The molecule has 0 bridgehead atoms. The second kappa shape index (κ2) is 6.45. The predicted molar refractivity (Wildman–Crippen MR) is 98.9 cm³/mol. The summed E-state index contributed by atoms with van der Waals surface area (Å²) in [6, 6.07) is 1.87. The first-order chi connectivity index (χ1) is 12.7. The van der Waals surface area contributed by atoms with E-state index in [1.807, 2.05) is 0 Å². The van der Waals surface area contributed by atoms with Crippen LogP contribution < -0.4 is 5.73 Å². The van der Waals surface area contributed by atoms with Gasteiger partial charge in [0.15, 0.2) is 0 Å². The number of benzene rings is 2. The molecule has 0 aliphatic rings. The van der Waals surface area contributed by atoms with E-state index in [-0.39, 0.29) is 16.3 Å². The fourth-order valence-electron chi connectivity index (χ4n) is 2.62. The largest absolute Gasteiger partial charge is 0.398 e. The van der Waals surface area contributed by atoms with E-state index in [4.69, 9.17) is 5.73 Å². The highest BCUT2D eigenvalue weighted by Gasteiger charge is 2.29. The van der Waals surface area contributed by atoms with Gasteiger partial charge in [-0.25, -0.2) is 4.98 Å². The molecule has 150 valence electrons. The van der Waals surface area contributed by atoms with Crippen molar-refractivity contribution in [1.29, 1.82) is 0 Å². The Morgan fingerprint density at radius 2 is 1.46 bits per heavy atom. The SMILES string of the molecule is Nc1cc(S(=O)(=O)O)c2cc(S(=O)(=O)O)cc(S(=O)(=O)O)c2c1-c1nccs1. The summed E-state index contributed by atoms with van der Waals surface area (Å²) in [7, 11) is -15.2. The standard InChI is InChI=1S/C13H10N2O9S4/c14-8-5-9(27(19,20)21)7-3-6(26(16,17)18)4-10(28(22,23)24)11(7)12(8)13-15-1-2-25-13/h1-5H,14H2,(H,16,17,18)(H,19,20,21)(H,22,23,24). The summed E-state index contributed by atoms with van der Waals surface area (Å²) in [6.07, 6.45) is 1.35. The van der Waals surface area contributed by atoms with Crippen molar-refractivity contribution in [3.8, 4) is 10.6 Å². The maximum atomic E-state index is 11.9. The van der Waals surface area contributed by atoms with Gasteiger partial charge in [0, 0.05) is 33.6 Å². The molecule has 0 fully saturated rings. The Kier molecular flexibility index (Phi) is 4.74. The molecule has 1 aromatic heterocycles.